The molecule has 0 aliphatic carbocycles. The first-order valence-corrected chi connectivity index (χ1v) is 4.09. The lowest BCUT2D eigenvalue weighted by Crippen LogP contribution is -2.08. The Labute approximate surface area is 71.7 Å². The summed E-state index contributed by atoms with van der Waals surface area (Å²) in [5.41, 5.74) is 0. The van der Waals surface area contributed by atoms with Crippen LogP contribution in [0.3, 0.4) is 0 Å². The summed E-state index contributed by atoms with van der Waals surface area (Å²) < 4.78 is 10.7. The number of hydrogen-bond donors (Lipinski definition) is 1. The molecule has 68 valence electrons. The Morgan fingerprint density at radius 1 is 1.67 bits per heavy atom. The first kappa shape index (κ1) is 11.2. The van der Waals surface area contributed by atoms with Crippen LogP contribution in [0.15, 0.2) is 0 Å². The maximum absolute atomic E-state index is 10.6. The van der Waals surface area contributed by atoms with Gasteiger partial charge in [-0.2, -0.15) is 0 Å². The van der Waals surface area contributed by atoms with Gasteiger partial charge in [0.1, 0.15) is 0 Å². The van der Waals surface area contributed by atoms with Crippen molar-refractivity contribution in [3.63, 3.8) is 0 Å². The van der Waals surface area contributed by atoms with E-state index in [-0.39, 0.29) is 5.97 Å². The van der Waals surface area contributed by atoms with Crippen LogP contribution >= 0.6 is 8.60 Å². The predicted octanol–water partition coefficient (Wildman–Crippen LogP) is 0.543. The minimum absolute atomic E-state index is 0.0611. The molecule has 0 fully saturated rings. The average Bonchev–Trinajstić information content (AvgIpc) is 2.02. The van der Waals surface area contributed by atoms with Crippen LogP contribution in [-0.4, -0.2) is 23.6 Å². The molecule has 5 nitrogen and oxygen atoms in total. The molecule has 0 radical (unpaired) electrons. The molecule has 0 rings (SSSR count). The fraction of sp³-hybridized carbons (Fsp3) is 0.333. The minimum Gasteiger partial charge on any atom is -0.585 e. The summed E-state index contributed by atoms with van der Waals surface area (Å²) in [7, 11) is 1.05. The summed E-state index contributed by atoms with van der Waals surface area (Å²) in [6, 6.07) is 0. The van der Waals surface area contributed by atoms with Crippen molar-refractivity contribution in [2.45, 2.75) is 13.8 Å². The fourth-order valence-electron chi connectivity index (χ4n) is 0.291. The molecule has 0 aromatic heterocycles. The van der Waals surface area contributed by atoms with Crippen LogP contribution in [0.25, 0.3) is 0 Å². The minimum atomic E-state index is -2.14. The molecule has 1 unspecified atom stereocenters. The van der Waals surface area contributed by atoms with Crippen molar-refractivity contribution >= 4 is 27.3 Å². The molecule has 0 heterocycles. The predicted molar refractivity (Wildman–Crippen MR) is 44.1 cm³/mol. The number of hydrogen-bond acceptors (Lipinski definition) is 2. The number of rotatable bonds is 2. The maximum Gasteiger partial charge on any atom is 0.803 e. The van der Waals surface area contributed by atoms with Gasteiger partial charge in [0.05, 0.1) is 6.92 Å². The van der Waals surface area contributed by atoms with Crippen LogP contribution in [0.2, 0.25) is 0 Å². The third-order valence-electron chi connectivity index (χ3n) is 0.930. The molecule has 6 heteroatoms. The van der Waals surface area contributed by atoms with Gasteiger partial charge in [0.25, 0.3) is 6.79 Å². The zero-order valence-electron chi connectivity index (χ0n) is 6.94. The Hall–Kier alpha value is -0.800. The van der Waals surface area contributed by atoms with Crippen molar-refractivity contribution in [1.29, 1.82) is 0 Å². The van der Waals surface area contributed by atoms with E-state index in [1.807, 2.05) is 0 Å². The summed E-state index contributed by atoms with van der Waals surface area (Å²) in [5.74, 6) is -0.411. The molecule has 0 aliphatic rings. The SMILES string of the molecule is C=[O+]C(C)=[O+]P(O)[O+]([CH2-])C(C)=O. The van der Waals surface area contributed by atoms with Gasteiger partial charge in [-0.3, -0.25) is 0 Å². The Kier molecular flexibility index (Phi) is 4.62. The Balaban J connectivity index is 4.30. The molecule has 0 aromatic rings. The Morgan fingerprint density at radius 3 is 2.50 bits per heavy atom. The van der Waals surface area contributed by atoms with E-state index in [9.17, 15) is 4.79 Å². The number of carbonyl (C=O) groups is 1. The molecule has 12 heavy (non-hydrogen) atoms. The van der Waals surface area contributed by atoms with Gasteiger partial charge in [-0.1, -0.05) is 4.21 Å². The summed E-state index contributed by atoms with van der Waals surface area (Å²) in [4.78, 5) is 19.7. The zero-order valence-corrected chi connectivity index (χ0v) is 7.84. The van der Waals surface area contributed by atoms with Gasteiger partial charge >= 0.3 is 20.5 Å². The lowest BCUT2D eigenvalue weighted by Gasteiger charge is -2.13. The lowest BCUT2D eigenvalue weighted by molar-refractivity contribution is -0.422. The van der Waals surface area contributed by atoms with Gasteiger partial charge in [-0.05, 0) is 0 Å². The molecule has 0 saturated carbocycles. The quantitative estimate of drug-likeness (QED) is 0.302. The van der Waals surface area contributed by atoms with Crippen LogP contribution in [0.1, 0.15) is 13.8 Å². The van der Waals surface area contributed by atoms with E-state index >= 15 is 0 Å². The first-order chi connectivity index (χ1) is 5.49. The van der Waals surface area contributed by atoms with Crippen molar-refractivity contribution in [3.05, 3.63) is 7.11 Å². The van der Waals surface area contributed by atoms with E-state index in [4.69, 9.17) is 4.89 Å². The highest BCUT2D eigenvalue weighted by Gasteiger charge is 2.36. The second-order valence-corrected chi connectivity index (χ2v) is 2.92. The smallest absolute Gasteiger partial charge is 0.585 e. The largest absolute Gasteiger partial charge is 0.803 e. The Morgan fingerprint density at radius 2 is 2.17 bits per heavy atom. The highest BCUT2D eigenvalue weighted by molar-refractivity contribution is 7.39. The standard InChI is InChI=1S/C6H11O5P/c1-5(7)11(4)12(8)10-6(2)9-3/h8H,3-4H2,1-2H3/q+2. The van der Waals surface area contributed by atoms with Gasteiger partial charge in [0, 0.05) is 4.79 Å². The monoisotopic (exact) mass is 194 g/mol. The van der Waals surface area contributed by atoms with Crippen LogP contribution in [0, 0.1) is 7.11 Å². The summed E-state index contributed by atoms with van der Waals surface area (Å²) in [6.45, 7) is 5.73. The van der Waals surface area contributed by atoms with Crippen molar-refractivity contribution in [1.82, 2.24) is 0 Å². The van der Waals surface area contributed by atoms with E-state index in [1.54, 1.807) is 4.15 Å². The van der Waals surface area contributed by atoms with Gasteiger partial charge in [-0.25, -0.2) is 4.89 Å². The van der Waals surface area contributed by atoms with E-state index in [2.05, 4.69) is 22.5 Å². The van der Waals surface area contributed by atoms with E-state index < -0.39 is 14.6 Å². The summed E-state index contributed by atoms with van der Waals surface area (Å²) in [5, 5.41) is 0. The van der Waals surface area contributed by atoms with Crippen molar-refractivity contribution < 1.29 is 22.5 Å². The fourth-order valence-corrected chi connectivity index (χ4v) is 0.874. The molecule has 0 aliphatic heterocycles. The van der Waals surface area contributed by atoms with Crippen molar-refractivity contribution in [3.8, 4) is 0 Å². The number of carbonyl (C=O) groups excluding carboxylic acids is 3. The second-order valence-electron chi connectivity index (χ2n) is 1.82. The van der Waals surface area contributed by atoms with Crippen molar-refractivity contribution in [2.75, 3.05) is 0 Å². The molecule has 0 spiro atoms. The van der Waals surface area contributed by atoms with E-state index in [0.29, 0.717) is 0 Å². The highest BCUT2D eigenvalue weighted by Crippen LogP contribution is 2.36. The van der Waals surface area contributed by atoms with Gasteiger partial charge in [0.2, 0.25) is 0 Å². The van der Waals surface area contributed by atoms with E-state index in [0.717, 1.165) is 0 Å². The highest BCUT2D eigenvalue weighted by atomic mass is 31.2. The molecule has 0 aromatic carbocycles. The maximum atomic E-state index is 10.6. The summed E-state index contributed by atoms with van der Waals surface area (Å²) in [6.07, 6.45) is 0. The third-order valence-corrected chi connectivity index (χ3v) is 1.98. The van der Waals surface area contributed by atoms with E-state index in [1.165, 1.54) is 13.8 Å². The lowest BCUT2D eigenvalue weighted by atomic mass is 10.8. The van der Waals surface area contributed by atoms with Gasteiger partial charge in [-0.15, -0.1) is 11.5 Å². The first-order valence-electron chi connectivity index (χ1n) is 2.96. The summed E-state index contributed by atoms with van der Waals surface area (Å²) >= 11 is 0. The zero-order chi connectivity index (χ0) is 9.72. The molecular weight excluding hydrogens is 183 g/mol. The normalized spacial score (nSPS) is 13.8. The van der Waals surface area contributed by atoms with Gasteiger partial charge < -0.3 is 4.15 Å². The molecule has 1 atom stereocenters. The second kappa shape index (κ2) is 4.95. The molecule has 1 N–H and O–H groups in total. The third kappa shape index (κ3) is 3.55. The molecule has 0 bridgehead atoms. The van der Waals surface area contributed by atoms with Gasteiger partial charge in [0.15, 0.2) is 6.92 Å². The van der Waals surface area contributed by atoms with Crippen LogP contribution in [0.5, 0.6) is 0 Å². The average molecular weight is 194 g/mol. The Bertz CT molecular complexity index is 212. The van der Waals surface area contributed by atoms with Crippen LogP contribution in [-0.2, 0) is 17.6 Å². The molecule has 0 saturated heterocycles. The molecule has 0 amide bonds. The van der Waals surface area contributed by atoms with Crippen LogP contribution < -0.4 is 0 Å². The van der Waals surface area contributed by atoms with Crippen molar-refractivity contribution in [2.24, 2.45) is 0 Å². The van der Waals surface area contributed by atoms with Crippen LogP contribution in [0.4, 0.5) is 0 Å². The topological polar surface area (TPSA) is 62.6 Å². The molecular formula is C6H11O5P+2.